The summed E-state index contributed by atoms with van der Waals surface area (Å²) in [5, 5.41) is 10.0. The zero-order valence-electron chi connectivity index (χ0n) is 13.2. The van der Waals surface area contributed by atoms with E-state index in [1.807, 2.05) is 36.4 Å². The highest BCUT2D eigenvalue weighted by Crippen LogP contribution is 2.33. The van der Waals surface area contributed by atoms with Gasteiger partial charge >= 0.3 is 5.97 Å². The average molecular weight is 343 g/mol. The van der Waals surface area contributed by atoms with Gasteiger partial charge in [0, 0.05) is 16.5 Å². The third-order valence-electron chi connectivity index (χ3n) is 4.77. The summed E-state index contributed by atoms with van der Waals surface area (Å²) in [6.07, 6.45) is 3.06. The predicted molar refractivity (Wildman–Crippen MR) is 94.3 cm³/mol. The third-order valence-corrected chi connectivity index (χ3v) is 5.02. The molecule has 3 rings (SSSR count). The summed E-state index contributed by atoms with van der Waals surface area (Å²) in [5.74, 6) is -1.87. The van der Waals surface area contributed by atoms with Crippen molar-refractivity contribution in [2.24, 2.45) is 11.8 Å². The molecular formula is C20H19ClO3. The first-order valence-electron chi connectivity index (χ1n) is 8.19. The van der Waals surface area contributed by atoms with E-state index in [9.17, 15) is 14.7 Å². The number of benzene rings is 2. The first-order valence-corrected chi connectivity index (χ1v) is 8.57. The average Bonchev–Trinajstić information content (AvgIpc) is 2.62. The van der Waals surface area contributed by atoms with E-state index in [0.717, 1.165) is 24.0 Å². The molecule has 0 spiro atoms. The molecule has 0 aromatic heterocycles. The van der Waals surface area contributed by atoms with Crippen molar-refractivity contribution in [2.75, 3.05) is 0 Å². The van der Waals surface area contributed by atoms with Crippen molar-refractivity contribution in [2.45, 2.75) is 25.7 Å². The number of carboxylic acids is 1. The lowest BCUT2D eigenvalue weighted by Crippen LogP contribution is -2.32. The zero-order chi connectivity index (χ0) is 17.1. The Morgan fingerprint density at radius 3 is 1.88 bits per heavy atom. The fourth-order valence-electron chi connectivity index (χ4n) is 3.42. The molecule has 24 heavy (non-hydrogen) atoms. The van der Waals surface area contributed by atoms with E-state index in [2.05, 4.69) is 0 Å². The number of aliphatic carboxylic acids is 1. The highest BCUT2D eigenvalue weighted by atomic mass is 35.5. The van der Waals surface area contributed by atoms with Gasteiger partial charge in [-0.1, -0.05) is 60.8 Å². The molecule has 1 fully saturated rings. The second-order valence-corrected chi connectivity index (χ2v) is 6.72. The van der Waals surface area contributed by atoms with Crippen LogP contribution in [0.1, 0.15) is 36.0 Å². The minimum Gasteiger partial charge on any atom is -0.481 e. The van der Waals surface area contributed by atoms with E-state index in [0.29, 0.717) is 23.4 Å². The van der Waals surface area contributed by atoms with Gasteiger partial charge in [-0.3, -0.25) is 9.59 Å². The molecule has 1 aliphatic carbocycles. The van der Waals surface area contributed by atoms with E-state index in [1.54, 1.807) is 12.1 Å². The number of carbonyl (C=O) groups is 2. The molecule has 0 bridgehead atoms. The number of hydrogen-bond donors (Lipinski definition) is 1. The van der Waals surface area contributed by atoms with Gasteiger partial charge in [0.15, 0.2) is 5.78 Å². The second-order valence-electron chi connectivity index (χ2n) is 6.28. The van der Waals surface area contributed by atoms with Crippen LogP contribution in [-0.4, -0.2) is 16.9 Å². The van der Waals surface area contributed by atoms with Gasteiger partial charge in [-0.15, -0.1) is 0 Å². The van der Waals surface area contributed by atoms with Crippen molar-refractivity contribution in [1.29, 1.82) is 0 Å². The first kappa shape index (κ1) is 16.7. The van der Waals surface area contributed by atoms with E-state index in [1.165, 1.54) is 0 Å². The Morgan fingerprint density at radius 2 is 1.33 bits per heavy atom. The molecular weight excluding hydrogens is 324 g/mol. The van der Waals surface area contributed by atoms with Crippen molar-refractivity contribution in [3.8, 4) is 11.1 Å². The lowest BCUT2D eigenvalue weighted by atomic mass is 9.75. The molecule has 1 saturated carbocycles. The van der Waals surface area contributed by atoms with Gasteiger partial charge in [-0.05, 0) is 36.1 Å². The van der Waals surface area contributed by atoms with E-state index < -0.39 is 17.8 Å². The molecule has 1 aliphatic rings. The van der Waals surface area contributed by atoms with Crippen molar-refractivity contribution in [1.82, 2.24) is 0 Å². The van der Waals surface area contributed by atoms with Crippen LogP contribution in [0.4, 0.5) is 0 Å². The van der Waals surface area contributed by atoms with Crippen LogP contribution in [0.15, 0.2) is 48.5 Å². The minimum atomic E-state index is -0.856. The van der Waals surface area contributed by atoms with Gasteiger partial charge < -0.3 is 5.11 Å². The summed E-state index contributed by atoms with van der Waals surface area (Å²) in [6.45, 7) is 0. The fraction of sp³-hybridized carbons (Fsp3) is 0.300. The largest absolute Gasteiger partial charge is 0.481 e. The van der Waals surface area contributed by atoms with E-state index in [4.69, 9.17) is 11.6 Å². The van der Waals surface area contributed by atoms with Crippen molar-refractivity contribution >= 4 is 23.4 Å². The van der Waals surface area contributed by atoms with Gasteiger partial charge in [0.05, 0.1) is 5.92 Å². The summed E-state index contributed by atoms with van der Waals surface area (Å²) in [6, 6.07) is 14.9. The van der Waals surface area contributed by atoms with E-state index in [-0.39, 0.29) is 5.78 Å². The number of ketones is 1. The van der Waals surface area contributed by atoms with Crippen LogP contribution < -0.4 is 0 Å². The van der Waals surface area contributed by atoms with Gasteiger partial charge in [-0.25, -0.2) is 0 Å². The summed E-state index contributed by atoms with van der Waals surface area (Å²) in [4.78, 5) is 24.1. The molecule has 0 unspecified atom stereocenters. The SMILES string of the molecule is O=C(c1ccc(-c2ccc(Cl)cc2)cc1)[C@H]1CCCC[C@H]1C(=O)O. The number of Topliss-reactive ketones (excluding diaryl/α,β-unsaturated/α-hetero) is 1. The summed E-state index contributed by atoms with van der Waals surface area (Å²) < 4.78 is 0. The smallest absolute Gasteiger partial charge is 0.307 e. The van der Waals surface area contributed by atoms with Crippen molar-refractivity contribution < 1.29 is 14.7 Å². The number of hydrogen-bond acceptors (Lipinski definition) is 2. The summed E-state index contributed by atoms with van der Waals surface area (Å²) in [5.41, 5.74) is 2.62. The predicted octanol–water partition coefficient (Wildman–Crippen LogP) is 5.08. The molecule has 1 N–H and O–H groups in total. The molecule has 0 heterocycles. The number of carbonyl (C=O) groups excluding carboxylic acids is 1. The monoisotopic (exact) mass is 342 g/mol. The quantitative estimate of drug-likeness (QED) is 0.788. The zero-order valence-corrected chi connectivity index (χ0v) is 14.0. The Hall–Kier alpha value is -2.13. The number of halogens is 1. The molecule has 124 valence electrons. The molecule has 2 atom stereocenters. The summed E-state index contributed by atoms with van der Waals surface area (Å²) in [7, 11) is 0. The van der Waals surface area contributed by atoms with Crippen LogP contribution >= 0.6 is 11.6 Å². The van der Waals surface area contributed by atoms with Gasteiger partial charge in [-0.2, -0.15) is 0 Å². The Bertz CT molecular complexity index is 734. The maximum absolute atomic E-state index is 12.7. The van der Waals surface area contributed by atoms with Crippen LogP contribution in [0.5, 0.6) is 0 Å². The first-order chi connectivity index (χ1) is 11.6. The molecule has 2 aromatic carbocycles. The van der Waals surface area contributed by atoms with Crippen molar-refractivity contribution in [3.63, 3.8) is 0 Å². The molecule has 0 saturated heterocycles. The molecule has 2 aromatic rings. The number of rotatable bonds is 4. The van der Waals surface area contributed by atoms with Crippen LogP contribution in [0.2, 0.25) is 5.02 Å². The van der Waals surface area contributed by atoms with Crippen LogP contribution in [0.3, 0.4) is 0 Å². The second kappa shape index (κ2) is 7.18. The van der Waals surface area contributed by atoms with Crippen LogP contribution in [0.25, 0.3) is 11.1 Å². The summed E-state index contributed by atoms with van der Waals surface area (Å²) >= 11 is 5.90. The molecule has 0 radical (unpaired) electrons. The highest BCUT2D eigenvalue weighted by molar-refractivity contribution is 6.30. The standard InChI is InChI=1S/C20H19ClO3/c21-16-11-9-14(10-12-16)13-5-7-15(8-6-13)19(22)17-3-1-2-4-18(17)20(23)24/h5-12,17-18H,1-4H2,(H,23,24)/t17-,18+/m0/s1. The van der Waals surface area contributed by atoms with Crippen molar-refractivity contribution in [3.05, 3.63) is 59.1 Å². The van der Waals surface area contributed by atoms with Crippen LogP contribution in [0, 0.1) is 11.8 Å². The molecule has 4 heteroatoms. The minimum absolute atomic E-state index is 0.0512. The Morgan fingerprint density at radius 1 is 0.833 bits per heavy atom. The van der Waals surface area contributed by atoms with E-state index >= 15 is 0 Å². The molecule has 3 nitrogen and oxygen atoms in total. The lowest BCUT2D eigenvalue weighted by molar-refractivity contribution is -0.144. The maximum Gasteiger partial charge on any atom is 0.307 e. The topological polar surface area (TPSA) is 54.4 Å². The maximum atomic E-state index is 12.7. The van der Waals surface area contributed by atoms with Gasteiger partial charge in [0.1, 0.15) is 0 Å². The van der Waals surface area contributed by atoms with Gasteiger partial charge in [0.2, 0.25) is 0 Å². The third kappa shape index (κ3) is 3.51. The highest BCUT2D eigenvalue weighted by Gasteiger charge is 2.35. The Kier molecular flexibility index (Phi) is 5.00. The molecule has 0 amide bonds. The fourth-order valence-corrected chi connectivity index (χ4v) is 3.55. The molecule has 0 aliphatic heterocycles. The Balaban J connectivity index is 1.80. The van der Waals surface area contributed by atoms with Gasteiger partial charge in [0.25, 0.3) is 0 Å². The Labute approximate surface area is 146 Å². The normalized spacial score (nSPS) is 20.5. The number of carboxylic acid groups (broad SMARTS) is 1. The lowest BCUT2D eigenvalue weighted by Gasteiger charge is -2.27. The van der Waals surface area contributed by atoms with Crippen LogP contribution in [-0.2, 0) is 4.79 Å².